The van der Waals surface area contributed by atoms with Gasteiger partial charge in [-0.3, -0.25) is 4.79 Å². The number of piperazine rings is 1. The van der Waals surface area contributed by atoms with Gasteiger partial charge in [0.05, 0.1) is 0 Å². The minimum Gasteiger partial charge on any atom is -0.338 e. The Morgan fingerprint density at radius 3 is 2.48 bits per heavy atom. The minimum atomic E-state index is -0.0567. The summed E-state index contributed by atoms with van der Waals surface area (Å²) in [7, 11) is 0. The van der Waals surface area contributed by atoms with E-state index in [0.717, 1.165) is 37.2 Å². The second kappa shape index (κ2) is 8.89. The molecular weight excluding hydrogens is 368 g/mol. The number of nitrogens with one attached hydrogen (secondary N) is 1. The van der Waals surface area contributed by atoms with E-state index < -0.39 is 0 Å². The number of carbonyl (C=O) groups excluding carboxylic acids is 2. The van der Waals surface area contributed by atoms with Gasteiger partial charge in [0, 0.05) is 64.6 Å². The molecule has 8 nitrogen and oxygen atoms in total. The number of nitrogens with zero attached hydrogens (tertiary/aromatic N) is 5. The third-order valence-electron chi connectivity index (χ3n) is 5.38. The zero-order valence-electron chi connectivity index (χ0n) is 16.5. The molecule has 4 rings (SSSR count). The molecule has 1 N–H and O–H groups in total. The SMILES string of the molecule is O=C1CCCN1Cc1cccc(CNC(=O)N2CCN(c3ncccn3)CC2)c1. The predicted molar refractivity (Wildman–Crippen MR) is 109 cm³/mol. The lowest BCUT2D eigenvalue weighted by Gasteiger charge is -2.34. The van der Waals surface area contributed by atoms with Gasteiger partial charge in [0.1, 0.15) is 0 Å². The number of likely N-dealkylation sites (tertiary alicyclic amines) is 1. The van der Waals surface area contributed by atoms with Crippen LogP contribution < -0.4 is 10.2 Å². The molecule has 1 aromatic carbocycles. The highest BCUT2D eigenvalue weighted by Gasteiger charge is 2.22. The molecule has 3 amide bonds. The second-order valence-corrected chi connectivity index (χ2v) is 7.42. The Bertz CT molecular complexity index is 851. The van der Waals surface area contributed by atoms with Crippen LogP contribution in [-0.4, -0.2) is 64.4 Å². The first kappa shape index (κ1) is 19.2. The van der Waals surface area contributed by atoms with Crippen LogP contribution in [0.4, 0.5) is 10.7 Å². The average Bonchev–Trinajstić information content (AvgIpc) is 3.17. The van der Waals surface area contributed by atoms with Crippen LogP contribution in [0, 0.1) is 0 Å². The maximum absolute atomic E-state index is 12.5. The Morgan fingerprint density at radius 1 is 1.00 bits per heavy atom. The Balaban J connectivity index is 1.26. The smallest absolute Gasteiger partial charge is 0.317 e. The molecule has 2 aliphatic rings. The lowest BCUT2D eigenvalue weighted by Crippen LogP contribution is -2.52. The molecule has 0 atom stereocenters. The fraction of sp³-hybridized carbons (Fsp3) is 0.429. The lowest BCUT2D eigenvalue weighted by atomic mass is 10.1. The zero-order chi connectivity index (χ0) is 20.1. The van der Waals surface area contributed by atoms with Gasteiger partial charge < -0.3 is 20.0 Å². The van der Waals surface area contributed by atoms with Gasteiger partial charge in [-0.1, -0.05) is 24.3 Å². The van der Waals surface area contributed by atoms with Gasteiger partial charge in [-0.25, -0.2) is 14.8 Å². The van der Waals surface area contributed by atoms with Gasteiger partial charge in [-0.2, -0.15) is 0 Å². The zero-order valence-corrected chi connectivity index (χ0v) is 16.5. The first-order chi connectivity index (χ1) is 14.2. The Morgan fingerprint density at radius 2 is 1.76 bits per heavy atom. The molecule has 2 fully saturated rings. The van der Waals surface area contributed by atoms with Crippen molar-refractivity contribution < 1.29 is 9.59 Å². The third-order valence-corrected chi connectivity index (χ3v) is 5.38. The summed E-state index contributed by atoms with van der Waals surface area (Å²) in [4.78, 5) is 38.7. The van der Waals surface area contributed by atoms with Crippen molar-refractivity contribution in [1.29, 1.82) is 0 Å². The van der Waals surface area contributed by atoms with E-state index in [4.69, 9.17) is 0 Å². The number of anilines is 1. The van der Waals surface area contributed by atoms with Crippen LogP contribution in [0.25, 0.3) is 0 Å². The van der Waals surface area contributed by atoms with E-state index in [1.165, 1.54) is 0 Å². The topological polar surface area (TPSA) is 81.7 Å². The van der Waals surface area contributed by atoms with Crippen molar-refractivity contribution in [3.63, 3.8) is 0 Å². The van der Waals surface area contributed by atoms with Crippen molar-refractivity contribution in [3.8, 4) is 0 Å². The highest BCUT2D eigenvalue weighted by atomic mass is 16.2. The maximum Gasteiger partial charge on any atom is 0.317 e. The van der Waals surface area contributed by atoms with Crippen molar-refractivity contribution in [3.05, 3.63) is 53.9 Å². The number of benzene rings is 1. The molecule has 2 aliphatic heterocycles. The lowest BCUT2D eigenvalue weighted by molar-refractivity contribution is -0.128. The molecule has 0 unspecified atom stereocenters. The standard InChI is InChI=1S/C21H26N6O2/c28-19-6-2-9-27(19)16-18-5-1-4-17(14-18)15-24-21(29)26-12-10-25(11-13-26)20-22-7-3-8-23-20/h1,3-5,7-8,14H,2,6,9-13,15-16H2,(H,24,29). The summed E-state index contributed by atoms with van der Waals surface area (Å²) in [5.74, 6) is 0.935. The maximum atomic E-state index is 12.5. The molecule has 2 saturated heterocycles. The number of carbonyl (C=O) groups is 2. The molecule has 152 valence electrons. The second-order valence-electron chi connectivity index (χ2n) is 7.42. The summed E-state index contributed by atoms with van der Waals surface area (Å²) in [6.45, 7) is 4.67. The molecule has 0 aliphatic carbocycles. The molecule has 0 saturated carbocycles. The van der Waals surface area contributed by atoms with Crippen LogP contribution in [0.2, 0.25) is 0 Å². The molecule has 0 radical (unpaired) electrons. The van der Waals surface area contributed by atoms with Crippen molar-refractivity contribution >= 4 is 17.9 Å². The quantitative estimate of drug-likeness (QED) is 0.834. The highest BCUT2D eigenvalue weighted by molar-refractivity contribution is 5.78. The van der Waals surface area contributed by atoms with E-state index >= 15 is 0 Å². The first-order valence-corrected chi connectivity index (χ1v) is 10.1. The highest BCUT2D eigenvalue weighted by Crippen LogP contribution is 2.15. The van der Waals surface area contributed by atoms with Gasteiger partial charge in [-0.15, -0.1) is 0 Å². The van der Waals surface area contributed by atoms with E-state index in [9.17, 15) is 9.59 Å². The Kier molecular flexibility index (Phi) is 5.88. The molecule has 29 heavy (non-hydrogen) atoms. The summed E-state index contributed by atoms with van der Waals surface area (Å²) in [6.07, 6.45) is 5.06. The van der Waals surface area contributed by atoms with Gasteiger partial charge in [0.25, 0.3) is 0 Å². The van der Waals surface area contributed by atoms with Gasteiger partial charge in [0.2, 0.25) is 11.9 Å². The summed E-state index contributed by atoms with van der Waals surface area (Å²) in [6, 6.07) is 9.82. The molecule has 8 heteroatoms. The largest absolute Gasteiger partial charge is 0.338 e. The van der Waals surface area contributed by atoms with E-state index in [-0.39, 0.29) is 11.9 Å². The van der Waals surface area contributed by atoms with E-state index in [2.05, 4.69) is 26.3 Å². The molecule has 3 heterocycles. The molecular formula is C21H26N6O2. The van der Waals surface area contributed by atoms with E-state index in [1.807, 2.05) is 28.0 Å². The fourth-order valence-corrected chi connectivity index (χ4v) is 3.78. The van der Waals surface area contributed by atoms with Crippen LogP contribution in [0.1, 0.15) is 24.0 Å². The summed E-state index contributed by atoms with van der Waals surface area (Å²) in [5.41, 5.74) is 2.14. The molecule has 1 aromatic heterocycles. The van der Waals surface area contributed by atoms with Crippen molar-refractivity contribution in [1.82, 2.24) is 25.1 Å². The Hall–Kier alpha value is -3.16. The van der Waals surface area contributed by atoms with E-state index in [1.54, 1.807) is 18.5 Å². The van der Waals surface area contributed by atoms with Crippen LogP contribution in [0.15, 0.2) is 42.7 Å². The number of amides is 3. The average molecular weight is 394 g/mol. The first-order valence-electron chi connectivity index (χ1n) is 10.1. The van der Waals surface area contributed by atoms with Gasteiger partial charge in [0.15, 0.2) is 0 Å². The van der Waals surface area contributed by atoms with Gasteiger partial charge in [-0.05, 0) is 23.6 Å². The normalized spacial score (nSPS) is 17.0. The van der Waals surface area contributed by atoms with Crippen molar-refractivity contribution in [2.75, 3.05) is 37.6 Å². The van der Waals surface area contributed by atoms with E-state index in [0.29, 0.717) is 38.5 Å². The minimum absolute atomic E-state index is 0.0567. The monoisotopic (exact) mass is 394 g/mol. The van der Waals surface area contributed by atoms with Crippen molar-refractivity contribution in [2.24, 2.45) is 0 Å². The summed E-state index contributed by atoms with van der Waals surface area (Å²) in [5, 5.41) is 3.01. The molecule has 0 spiro atoms. The van der Waals surface area contributed by atoms with Crippen LogP contribution >= 0.6 is 0 Å². The summed E-state index contributed by atoms with van der Waals surface area (Å²) < 4.78 is 0. The third kappa shape index (κ3) is 4.82. The Labute approximate surface area is 170 Å². The number of urea groups is 1. The molecule has 2 aromatic rings. The van der Waals surface area contributed by atoms with Gasteiger partial charge >= 0.3 is 6.03 Å². The van der Waals surface area contributed by atoms with Crippen molar-refractivity contribution in [2.45, 2.75) is 25.9 Å². The number of rotatable bonds is 5. The fourth-order valence-electron chi connectivity index (χ4n) is 3.78. The number of hydrogen-bond acceptors (Lipinski definition) is 5. The predicted octanol–water partition coefficient (Wildman–Crippen LogP) is 1.63. The van der Waals surface area contributed by atoms with Crippen LogP contribution in [0.3, 0.4) is 0 Å². The number of hydrogen-bond donors (Lipinski definition) is 1. The van der Waals surface area contributed by atoms with Crippen LogP contribution in [-0.2, 0) is 17.9 Å². The summed E-state index contributed by atoms with van der Waals surface area (Å²) >= 11 is 0. The molecule has 0 bridgehead atoms. The van der Waals surface area contributed by atoms with Crippen LogP contribution in [0.5, 0.6) is 0 Å². The number of aromatic nitrogens is 2.